The average molecular weight is 129 g/mol. The molecule has 2 nitrogen and oxygen atoms in total. The largest absolute Gasteiger partial charge is 0.384 e. The maximum absolute atomic E-state index is 5.48. The van der Waals surface area contributed by atoms with Gasteiger partial charge in [-0.2, -0.15) is 0 Å². The lowest BCUT2D eigenvalue weighted by molar-refractivity contribution is 0.142. The van der Waals surface area contributed by atoms with Gasteiger partial charge in [-0.15, -0.1) is 0 Å². The SMILES string of the molecule is COC[C@@]1(C)C[C@@H]1CN. The van der Waals surface area contributed by atoms with Crippen molar-refractivity contribution in [2.75, 3.05) is 20.3 Å². The highest BCUT2D eigenvalue weighted by Gasteiger charge is 2.48. The van der Waals surface area contributed by atoms with Crippen LogP contribution in [0.15, 0.2) is 0 Å². The number of hydrogen-bond donors (Lipinski definition) is 1. The molecule has 0 heterocycles. The Morgan fingerprint density at radius 2 is 2.44 bits per heavy atom. The van der Waals surface area contributed by atoms with Crippen LogP contribution in [0.3, 0.4) is 0 Å². The fourth-order valence-electron chi connectivity index (χ4n) is 1.38. The molecule has 1 rings (SSSR count). The van der Waals surface area contributed by atoms with Gasteiger partial charge in [0, 0.05) is 7.11 Å². The third-order valence-corrected chi connectivity index (χ3v) is 2.30. The van der Waals surface area contributed by atoms with Crippen LogP contribution in [-0.2, 0) is 4.74 Å². The van der Waals surface area contributed by atoms with E-state index in [0.29, 0.717) is 5.41 Å². The molecule has 0 bridgehead atoms. The molecular formula is C7H15NO. The number of ether oxygens (including phenoxy) is 1. The molecule has 0 saturated heterocycles. The predicted molar refractivity (Wildman–Crippen MR) is 37.1 cm³/mol. The summed E-state index contributed by atoms with van der Waals surface area (Å²) in [6, 6.07) is 0. The van der Waals surface area contributed by atoms with Crippen LogP contribution >= 0.6 is 0 Å². The maximum Gasteiger partial charge on any atom is 0.0519 e. The van der Waals surface area contributed by atoms with Crippen LogP contribution in [0.25, 0.3) is 0 Å². The van der Waals surface area contributed by atoms with Gasteiger partial charge < -0.3 is 10.5 Å². The highest BCUT2D eigenvalue weighted by molar-refractivity contribution is 4.98. The van der Waals surface area contributed by atoms with Crippen molar-refractivity contribution in [3.05, 3.63) is 0 Å². The molecule has 1 saturated carbocycles. The van der Waals surface area contributed by atoms with Crippen LogP contribution in [-0.4, -0.2) is 20.3 Å². The minimum absolute atomic E-state index is 0.420. The molecule has 2 heteroatoms. The lowest BCUT2D eigenvalue weighted by Crippen LogP contribution is -2.12. The topological polar surface area (TPSA) is 35.2 Å². The first-order valence-electron chi connectivity index (χ1n) is 3.42. The molecule has 2 atom stereocenters. The van der Waals surface area contributed by atoms with Gasteiger partial charge in [0.1, 0.15) is 0 Å². The molecule has 1 aliphatic carbocycles. The molecule has 0 radical (unpaired) electrons. The summed E-state index contributed by atoms with van der Waals surface area (Å²) in [6.45, 7) is 3.92. The lowest BCUT2D eigenvalue weighted by atomic mass is 10.1. The zero-order chi connectivity index (χ0) is 6.91. The van der Waals surface area contributed by atoms with E-state index in [4.69, 9.17) is 10.5 Å². The number of methoxy groups -OCH3 is 1. The summed E-state index contributed by atoms with van der Waals surface area (Å²) >= 11 is 0. The molecule has 0 unspecified atom stereocenters. The predicted octanol–water partition coefficient (Wildman–Crippen LogP) is 0.618. The van der Waals surface area contributed by atoms with Crippen LogP contribution < -0.4 is 5.73 Å². The van der Waals surface area contributed by atoms with Crippen molar-refractivity contribution in [2.24, 2.45) is 17.1 Å². The first-order valence-corrected chi connectivity index (χ1v) is 3.42. The summed E-state index contributed by atoms with van der Waals surface area (Å²) in [7, 11) is 1.75. The first kappa shape index (κ1) is 7.03. The van der Waals surface area contributed by atoms with Gasteiger partial charge in [0.05, 0.1) is 6.61 Å². The van der Waals surface area contributed by atoms with Gasteiger partial charge in [0.15, 0.2) is 0 Å². The third kappa shape index (κ3) is 1.25. The van der Waals surface area contributed by atoms with Crippen molar-refractivity contribution in [3.63, 3.8) is 0 Å². The van der Waals surface area contributed by atoms with Crippen molar-refractivity contribution >= 4 is 0 Å². The number of rotatable bonds is 3. The Balaban J connectivity index is 2.25. The smallest absolute Gasteiger partial charge is 0.0519 e. The van der Waals surface area contributed by atoms with E-state index in [1.54, 1.807) is 7.11 Å². The van der Waals surface area contributed by atoms with Gasteiger partial charge in [-0.25, -0.2) is 0 Å². The van der Waals surface area contributed by atoms with Crippen LogP contribution in [0.4, 0.5) is 0 Å². The standard InChI is InChI=1S/C7H15NO/c1-7(5-9-2)3-6(7)4-8/h6H,3-5,8H2,1-2H3/t6-,7-/m1/s1. The molecule has 0 spiro atoms. The third-order valence-electron chi connectivity index (χ3n) is 2.30. The quantitative estimate of drug-likeness (QED) is 0.606. The Morgan fingerprint density at radius 3 is 2.78 bits per heavy atom. The second kappa shape index (κ2) is 2.27. The molecular weight excluding hydrogens is 114 g/mol. The number of hydrogen-bond acceptors (Lipinski definition) is 2. The van der Waals surface area contributed by atoms with E-state index >= 15 is 0 Å². The molecule has 1 fully saturated rings. The van der Waals surface area contributed by atoms with Crippen LogP contribution in [0.5, 0.6) is 0 Å². The van der Waals surface area contributed by atoms with Crippen molar-refractivity contribution < 1.29 is 4.74 Å². The van der Waals surface area contributed by atoms with Crippen molar-refractivity contribution in [1.29, 1.82) is 0 Å². The molecule has 54 valence electrons. The normalized spacial score (nSPS) is 41.0. The fraction of sp³-hybridized carbons (Fsp3) is 1.00. The monoisotopic (exact) mass is 129 g/mol. The average Bonchev–Trinajstić information content (AvgIpc) is 2.43. The first-order chi connectivity index (χ1) is 4.23. The molecule has 0 aromatic carbocycles. The van der Waals surface area contributed by atoms with E-state index in [9.17, 15) is 0 Å². The summed E-state index contributed by atoms with van der Waals surface area (Å²) in [5, 5.41) is 0. The Labute approximate surface area is 56.4 Å². The van der Waals surface area contributed by atoms with Gasteiger partial charge in [0.2, 0.25) is 0 Å². The molecule has 9 heavy (non-hydrogen) atoms. The second-order valence-electron chi connectivity index (χ2n) is 3.22. The van der Waals surface area contributed by atoms with E-state index in [0.717, 1.165) is 19.1 Å². The molecule has 0 amide bonds. The number of nitrogens with two attached hydrogens (primary N) is 1. The summed E-state index contributed by atoms with van der Waals surface area (Å²) in [5.74, 6) is 0.720. The maximum atomic E-state index is 5.48. The zero-order valence-corrected chi connectivity index (χ0v) is 6.18. The van der Waals surface area contributed by atoms with Gasteiger partial charge in [0.25, 0.3) is 0 Å². The fourth-order valence-corrected chi connectivity index (χ4v) is 1.38. The summed E-state index contributed by atoms with van der Waals surface area (Å²) in [4.78, 5) is 0. The van der Waals surface area contributed by atoms with E-state index in [1.807, 2.05) is 0 Å². The van der Waals surface area contributed by atoms with Crippen molar-refractivity contribution in [2.45, 2.75) is 13.3 Å². The van der Waals surface area contributed by atoms with Crippen molar-refractivity contribution in [3.8, 4) is 0 Å². The molecule has 1 aliphatic rings. The van der Waals surface area contributed by atoms with Crippen LogP contribution in [0.2, 0.25) is 0 Å². The zero-order valence-electron chi connectivity index (χ0n) is 6.18. The Morgan fingerprint density at radius 1 is 1.78 bits per heavy atom. The molecule has 2 N–H and O–H groups in total. The van der Waals surface area contributed by atoms with Gasteiger partial charge in [-0.3, -0.25) is 0 Å². The Bertz CT molecular complexity index is 105. The highest BCUT2D eigenvalue weighted by atomic mass is 16.5. The second-order valence-corrected chi connectivity index (χ2v) is 3.22. The highest BCUT2D eigenvalue weighted by Crippen LogP contribution is 2.51. The summed E-state index contributed by atoms with van der Waals surface area (Å²) in [6.07, 6.45) is 1.25. The van der Waals surface area contributed by atoms with E-state index < -0.39 is 0 Å². The van der Waals surface area contributed by atoms with E-state index in [1.165, 1.54) is 6.42 Å². The summed E-state index contributed by atoms with van der Waals surface area (Å²) < 4.78 is 5.05. The van der Waals surface area contributed by atoms with Crippen molar-refractivity contribution in [1.82, 2.24) is 0 Å². The van der Waals surface area contributed by atoms with Gasteiger partial charge in [-0.1, -0.05) is 6.92 Å². The molecule has 0 aromatic rings. The van der Waals surface area contributed by atoms with E-state index in [2.05, 4.69) is 6.92 Å². The van der Waals surface area contributed by atoms with Crippen LogP contribution in [0, 0.1) is 11.3 Å². The lowest BCUT2D eigenvalue weighted by Gasteiger charge is -2.06. The van der Waals surface area contributed by atoms with Gasteiger partial charge >= 0.3 is 0 Å². The van der Waals surface area contributed by atoms with Gasteiger partial charge in [-0.05, 0) is 24.3 Å². The Hall–Kier alpha value is -0.0800. The Kier molecular flexibility index (Phi) is 1.78. The summed E-state index contributed by atoms with van der Waals surface area (Å²) in [5.41, 5.74) is 5.90. The van der Waals surface area contributed by atoms with Crippen LogP contribution in [0.1, 0.15) is 13.3 Å². The molecule has 0 aliphatic heterocycles. The minimum Gasteiger partial charge on any atom is -0.384 e. The van der Waals surface area contributed by atoms with E-state index in [-0.39, 0.29) is 0 Å². The molecule has 0 aromatic heterocycles. The minimum atomic E-state index is 0.420.